The van der Waals surface area contributed by atoms with Gasteiger partial charge in [-0.25, -0.2) is 13.8 Å². The third kappa shape index (κ3) is 4.89. The molecule has 2 aromatic carbocycles. The first-order valence-electron chi connectivity index (χ1n) is 8.36. The second kappa shape index (κ2) is 8.26. The van der Waals surface area contributed by atoms with Gasteiger partial charge in [0.25, 0.3) is 5.91 Å². The average molecular weight is 388 g/mol. The van der Waals surface area contributed by atoms with E-state index in [4.69, 9.17) is 4.74 Å². The Balaban J connectivity index is 1.71. The van der Waals surface area contributed by atoms with Gasteiger partial charge in [0.05, 0.1) is 0 Å². The second-order valence-corrected chi connectivity index (χ2v) is 7.09. The van der Waals surface area contributed by atoms with Gasteiger partial charge in [0.2, 0.25) is 0 Å². The number of nitrogens with zero attached hydrogens (tertiary/aromatic N) is 1. The zero-order valence-electron chi connectivity index (χ0n) is 14.8. The monoisotopic (exact) mass is 388 g/mol. The van der Waals surface area contributed by atoms with Crippen LogP contribution in [0.2, 0.25) is 0 Å². The molecule has 0 unspecified atom stereocenters. The third-order valence-corrected chi connectivity index (χ3v) is 4.52. The molecule has 1 amide bonds. The number of nitrogens with one attached hydrogen (secondary N) is 1. The lowest BCUT2D eigenvalue weighted by atomic mass is 10.2. The minimum atomic E-state index is -0.903. The maximum Gasteiger partial charge on any atom is 0.270 e. The van der Waals surface area contributed by atoms with Gasteiger partial charge >= 0.3 is 0 Å². The molecule has 0 spiro atoms. The predicted octanol–water partition coefficient (Wildman–Crippen LogP) is 4.81. The molecule has 0 radical (unpaired) electrons. The molecule has 1 heterocycles. The number of amides is 1. The number of rotatable bonds is 6. The lowest BCUT2D eigenvalue weighted by molar-refractivity contribution is 0.0939. The highest BCUT2D eigenvalue weighted by molar-refractivity contribution is 7.13. The molecule has 0 bridgehead atoms. The van der Waals surface area contributed by atoms with E-state index in [2.05, 4.69) is 10.3 Å². The molecule has 0 aliphatic heterocycles. The number of carbonyl (C=O) groups excluding carboxylic acids is 1. The molecule has 140 valence electrons. The molecule has 0 aliphatic carbocycles. The fourth-order valence-electron chi connectivity index (χ4n) is 2.36. The summed E-state index contributed by atoms with van der Waals surface area (Å²) in [5.41, 5.74) is 1.71. The number of hydrogen-bond acceptors (Lipinski definition) is 4. The van der Waals surface area contributed by atoms with Crippen molar-refractivity contribution in [1.82, 2.24) is 10.3 Å². The first-order chi connectivity index (χ1) is 12.9. The average Bonchev–Trinajstić information content (AvgIpc) is 3.13. The number of hydrogen-bond donors (Lipinski definition) is 1. The number of thiazole rings is 1. The molecule has 27 heavy (non-hydrogen) atoms. The molecule has 0 fully saturated rings. The van der Waals surface area contributed by atoms with E-state index in [9.17, 15) is 13.6 Å². The lowest BCUT2D eigenvalue weighted by Crippen LogP contribution is -2.30. The number of carbonyl (C=O) groups is 1. The molecule has 4 nitrogen and oxygen atoms in total. The van der Waals surface area contributed by atoms with Crippen LogP contribution in [-0.2, 0) is 6.61 Å². The molecule has 1 aromatic heterocycles. The van der Waals surface area contributed by atoms with E-state index in [1.807, 2.05) is 26.0 Å². The maximum atomic E-state index is 13.3. The summed E-state index contributed by atoms with van der Waals surface area (Å²) >= 11 is 1.37. The van der Waals surface area contributed by atoms with Gasteiger partial charge in [0.1, 0.15) is 23.1 Å². The first kappa shape index (κ1) is 19.0. The summed E-state index contributed by atoms with van der Waals surface area (Å²) in [5, 5.41) is 5.21. The van der Waals surface area contributed by atoms with E-state index in [1.54, 1.807) is 17.5 Å². The molecule has 0 saturated carbocycles. The van der Waals surface area contributed by atoms with Gasteiger partial charge in [-0.15, -0.1) is 11.3 Å². The Bertz CT molecular complexity index is 957. The van der Waals surface area contributed by atoms with Crippen molar-refractivity contribution >= 4 is 17.2 Å². The van der Waals surface area contributed by atoms with Gasteiger partial charge in [0, 0.05) is 17.0 Å². The van der Waals surface area contributed by atoms with E-state index in [1.165, 1.54) is 17.4 Å². The van der Waals surface area contributed by atoms with E-state index in [0.717, 1.165) is 17.7 Å². The minimum absolute atomic E-state index is 0.0377. The quantitative estimate of drug-likeness (QED) is 0.660. The van der Waals surface area contributed by atoms with Crippen LogP contribution in [0.25, 0.3) is 10.6 Å². The van der Waals surface area contributed by atoms with Crippen molar-refractivity contribution in [3.05, 3.63) is 70.7 Å². The molecular weight excluding hydrogens is 370 g/mol. The summed E-state index contributed by atoms with van der Waals surface area (Å²) in [6.07, 6.45) is 0. The maximum absolute atomic E-state index is 13.3. The number of aromatic nitrogens is 1. The van der Waals surface area contributed by atoms with Crippen LogP contribution in [0, 0.1) is 11.6 Å². The van der Waals surface area contributed by atoms with Gasteiger partial charge in [-0.2, -0.15) is 0 Å². The molecule has 1 N–H and O–H groups in total. The Kier molecular flexibility index (Phi) is 5.81. The normalized spacial score (nSPS) is 10.9. The smallest absolute Gasteiger partial charge is 0.270 e. The SMILES string of the molecule is CC(C)NC(=O)c1csc(-c2cccc(OCc3ccc(F)c(F)c3)c2)n1. The van der Waals surface area contributed by atoms with Crippen molar-refractivity contribution in [2.45, 2.75) is 26.5 Å². The number of ether oxygens (including phenoxy) is 1. The predicted molar refractivity (Wildman–Crippen MR) is 101 cm³/mol. The van der Waals surface area contributed by atoms with Crippen LogP contribution in [0.1, 0.15) is 29.9 Å². The standard InChI is InChI=1S/C20H18F2N2O2S/c1-12(2)23-19(25)18-11-27-20(24-18)14-4-3-5-15(9-14)26-10-13-6-7-16(21)17(22)8-13/h3-9,11-12H,10H2,1-2H3,(H,23,25). The topological polar surface area (TPSA) is 51.2 Å². The van der Waals surface area contributed by atoms with E-state index in [0.29, 0.717) is 22.0 Å². The number of benzene rings is 2. The van der Waals surface area contributed by atoms with Gasteiger partial charge in [-0.3, -0.25) is 4.79 Å². The Morgan fingerprint density at radius 1 is 1.19 bits per heavy atom. The highest BCUT2D eigenvalue weighted by Crippen LogP contribution is 2.27. The van der Waals surface area contributed by atoms with Gasteiger partial charge in [-0.05, 0) is 43.7 Å². The summed E-state index contributed by atoms with van der Waals surface area (Å²) in [7, 11) is 0. The van der Waals surface area contributed by atoms with Crippen molar-refractivity contribution in [2.75, 3.05) is 0 Å². The highest BCUT2D eigenvalue weighted by Gasteiger charge is 2.13. The lowest BCUT2D eigenvalue weighted by Gasteiger charge is -2.08. The van der Waals surface area contributed by atoms with Crippen LogP contribution in [-0.4, -0.2) is 16.9 Å². The van der Waals surface area contributed by atoms with Crippen LogP contribution < -0.4 is 10.1 Å². The minimum Gasteiger partial charge on any atom is -0.489 e. The summed E-state index contributed by atoms with van der Waals surface area (Å²) in [5.74, 6) is -1.43. The summed E-state index contributed by atoms with van der Waals surface area (Å²) in [6, 6.07) is 10.9. The van der Waals surface area contributed by atoms with E-state index >= 15 is 0 Å². The molecule has 0 saturated heterocycles. The summed E-state index contributed by atoms with van der Waals surface area (Å²) in [6.45, 7) is 3.89. The Hall–Kier alpha value is -2.80. The number of halogens is 2. The Labute approximate surface area is 159 Å². The van der Waals surface area contributed by atoms with Gasteiger partial charge in [-0.1, -0.05) is 18.2 Å². The van der Waals surface area contributed by atoms with E-state index in [-0.39, 0.29) is 18.6 Å². The van der Waals surface area contributed by atoms with Crippen LogP contribution in [0.3, 0.4) is 0 Å². The van der Waals surface area contributed by atoms with Crippen LogP contribution >= 0.6 is 11.3 Å². The van der Waals surface area contributed by atoms with Crippen molar-refractivity contribution in [3.63, 3.8) is 0 Å². The summed E-state index contributed by atoms with van der Waals surface area (Å²) in [4.78, 5) is 16.4. The van der Waals surface area contributed by atoms with Crippen molar-refractivity contribution in [3.8, 4) is 16.3 Å². The van der Waals surface area contributed by atoms with Crippen LogP contribution in [0.4, 0.5) is 8.78 Å². The van der Waals surface area contributed by atoms with Crippen LogP contribution in [0.15, 0.2) is 47.8 Å². The van der Waals surface area contributed by atoms with Gasteiger partial charge in [0.15, 0.2) is 11.6 Å². The summed E-state index contributed by atoms with van der Waals surface area (Å²) < 4.78 is 31.9. The molecule has 3 aromatic rings. The Morgan fingerprint density at radius 3 is 2.74 bits per heavy atom. The fourth-order valence-corrected chi connectivity index (χ4v) is 3.16. The molecule has 7 heteroatoms. The first-order valence-corrected chi connectivity index (χ1v) is 9.24. The third-order valence-electron chi connectivity index (χ3n) is 3.63. The fraction of sp³-hybridized carbons (Fsp3) is 0.200. The molecular formula is C20H18F2N2O2S. The molecule has 0 atom stereocenters. The highest BCUT2D eigenvalue weighted by atomic mass is 32.1. The van der Waals surface area contributed by atoms with E-state index < -0.39 is 11.6 Å². The second-order valence-electron chi connectivity index (χ2n) is 6.23. The van der Waals surface area contributed by atoms with Gasteiger partial charge < -0.3 is 10.1 Å². The Morgan fingerprint density at radius 2 is 2.00 bits per heavy atom. The van der Waals surface area contributed by atoms with Crippen molar-refractivity contribution in [1.29, 1.82) is 0 Å². The van der Waals surface area contributed by atoms with Crippen molar-refractivity contribution in [2.24, 2.45) is 0 Å². The molecule has 3 rings (SSSR count). The largest absolute Gasteiger partial charge is 0.489 e. The zero-order valence-corrected chi connectivity index (χ0v) is 15.6. The van der Waals surface area contributed by atoms with Crippen molar-refractivity contribution < 1.29 is 18.3 Å². The van der Waals surface area contributed by atoms with Crippen LogP contribution in [0.5, 0.6) is 5.75 Å². The zero-order chi connectivity index (χ0) is 19.4. The molecule has 0 aliphatic rings.